The molecule has 5 nitrogen and oxygen atoms in total. The molecule has 0 aliphatic rings. The van der Waals surface area contributed by atoms with Crippen LogP contribution in [0.15, 0.2) is 36.4 Å². The molecule has 0 bridgehead atoms. The Morgan fingerprint density at radius 2 is 1.80 bits per heavy atom. The number of aromatic nitrogens is 1. The SMILES string of the molecule is Cc1ccc(C)c(NC(=S)NCCCNc2nc3cc(C)cc(C)c3cc2C#N)c1. The summed E-state index contributed by atoms with van der Waals surface area (Å²) in [4.78, 5) is 4.68. The Kier molecular flexibility index (Phi) is 6.86. The standard InChI is InChI=1S/C24H27N5S/c1-15-6-7-17(3)21(11-15)29-24(30)27-9-5-8-26-23-19(14-25)13-20-18(4)10-16(2)12-22(20)28-23/h6-7,10-13H,5,8-9H2,1-4H3,(H,26,28)(H2,27,29,30). The molecule has 0 radical (unpaired) electrons. The van der Waals surface area contributed by atoms with Crippen LogP contribution in [-0.4, -0.2) is 23.2 Å². The first-order valence-electron chi connectivity index (χ1n) is 10.1. The fourth-order valence-electron chi connectivity index (χ4n) is 3.38. The molecule has 1 aromatic heterocycles. The second kappa shape index (κ2) is 9.55. The predicted molar refractivity (Wildman–Crippen MR) is 129 cm³/mol. The van der Waals surface area contributed by atoms with Crippen molar-refractivity contribution in [3.63, 3.8) is 0 Å². The van der Waals surface area contributed by atoms with E-state index in [1.54, 1.807) is 0 Å². The van der Waals surface area contributed by atoms with E-state index < -0.39 is 0 Å². The smallest absolute Gasteiger partial charge is 0.170 e. The van der Waals surface area contributed by atoms with Crippen LogP contribution in [0.4, 0.5) is 11.5 Å². The monoisotopic (exact) mass is 417 g/mol. The minimum absolute atomic E-state index is 0.564. The van der Waals surface area contributed by atoms with Crippen molar-refractivity contribution in [3.05, 3.63) is 64.2 Å². The highest BCUT2D eigenvalue weighted by Crippen LogP contribution is 2.24. The molecule has 1 heterocycles. The van der Waals surface area contributed by atoms with Crippen molar-refractivity contribution >= 4 is 39.7 Å². The number of pyridine rings is 1. The maximum absolute atomic E-state index is 9.51. The van der Waals surface area contributed by atoms with Crippen LogP contribution >= 0.6 is 12.2 Å². The Balaban J connectivity index is 1.54. The zero-order valence-corrected chi connectivity index (χ0v) is 18.7. The first kappa shape index (κ1) is 21.5. The van der Waals surface area contributed by atoms with Crippen molar-refractivity contribution in [1.29, 1.82) is 5.26 Å². The number of fused-ring (bicyclic) bond motifs is 1. The molecule has 6 heteroatoms. The first-order valence-corrected chi connectivity index (χ1v) is 10.5. The number of thiocarbonyl (C=S) groups is 1. The lowest BCUT2D eigenvalue weighted by molar-refractivity contribution is 0.807. The third-order valence-electron chi connectivity index (χ3n) is 4.98. The van der Waals surface area contributed by atoms with Gasteiger partial charge in [0.1, 0.15) is 11.9 Å². The van der Waals surface area contributed by atoms with Gasteiger partial charge in [-0.25, -0.2) is 4.98 Å². The van der Waals surface area contributed by atoms with E-state index in [1.807, 2.05) is 19.1 Å². The second-order valence-electron chi connectivity index (χ2n) is 7.62. The molecule has 0 unspecified atom stereocenters. The summed E-state index contributed by atoms with van der Waals surface area (Å²) in [6.07, 6.45) is 0.839. The predicted octanol–water partition coefficient (Wildman–Crippen LogP) is 5.13. The molecule has 0 atom stereocenters. The van der Waals surface area contributed by atoms with Gasteiger partial charge in [0.2, 0.25) is 0 Å². The molecule has 2 aromatic carbocycles. The maximum Gasteiger partial charge on any atom is 0.170 e. The highest BCUT2D eigenvalue weighted by atomic mass is 32.1. The van der Waals surface area contributed by atoms with Gasteiger partial charge in [0, 0.05) is 24.2 Å². The Morgan fingerprint density at radius 3 is 2.57 bits per heavy atom. The largest absolute Gasteiger partial charge is 0.369 e. The summed E-state index contributed by atoms with van der Waals surface area (Å²) in [7, 11) is 0. The number of anilines is 2. The van der Waals surface area contributed by atoms with Gasteiger partial charge in [-0.05, 0) is 86.8 Å². The van der Waals surface area contributed by atoms with E-state index in [0.717, 1.165) is 46.2 Å². The Hall–Kier alpha value is -3.17. The van der Waals surface area contributed by atoms with Crippen molar-refractivity contribution in [1.82, 2.24) is 10.3 Å². The molecule has 0 aliphatic heterocycles. The molecule has 0 amide bonds. The summed E-state index contributed by atoms with van der Waals surface area (Å²) in [5.41, 5.74) is 7.14. The Morgan fingerprint density at radius 1 is 1.00 bits per heavy atom. The molecule has 154 valence electrons. The molecule has 0 aliphatic carbocycles. The van der Waals surface area contributed by atoms with E-state index in [9.17, 15) is 5.26 Å². The van der Waals surface area contributed by atoms with Gasteiger partial charge in [-0.3, -0.25) is 0 Å². The van der Waals surface area contributed by atoms with Crippen molar-refractivity contribution in [2.24, 2.45) is 0 Å². The van der Waals surface area contributed by atoms with E-state index >= 15 is 0 Å². The van der Waals surface area contributed by atoms with E-state index in [2.05, 4.69) is 72.0 Å². The topological polar surface area (TPSA) is 72.8 Å². The van der Waals surface area contributed by atoms with Crippen LogP contribution in [0.5, 0.6) is 0 Å². The zero-order valence-electron chi connectivity index (χ0n) is 17.9. The molecular weight excluding hydrogens is 390 g/mol. The molecule has 3 aromatic rings. The number of nitrogens with zero attached hydrogens (tertiary/aromatic N) is 2. The van der Waals surface area contributed by atoms with Crippen molar-refractivity contribution in [3.8, 4) is 6.07 Å². The highest BCUT2D eigenvalue weighted by molar-refractivity contribution is 7.80. The van der Waals surface area contributed by atoms with E-state index in [1.165, 1.54) is 5.56 Å². The maximum atomic E-state index is 9.51. The lowest BCUT2D eigenvalue weighted by atomic mass is 10.0. The number of nitrogens with one attached hydrogen (secondary N) is 3. The van der Waals surface area contributed by atoms with Gasteiger partial charge in [0.15, 0.2) is 5.11 Å². The van der Waals surface area contributed by atoms with Crippen LogP contribution in [0.25, 0.3) is 10.9 Å². The van der Waals surface area contributed by atoms with Crippen LogP contribution in [0.3, 0.4) is 0 Å². The van der Waals surface area contributed by atoms with Crippen molar-refractivity contribution < 1.29 is 0 Å². The Labute approximate surface area is 183 Å². The number of aryl methyl sites for hydroxylation is 4. The quantitative estimate of drug-likeness (QED) is 0.381. The molecule has 0 fully saturated rings. The summed E-state index contributed by atoms with van der Waals surface area (Å²) >= 11 is 5.40. The minimum Gasteiger partial charge on any atom is -0.369 e. The van der Waals surface area contributed by atoms with Crippen LogP contribution in [0.1, 0.15) is 34.2 Å². The van der Waals surface area contributed by atoms with Gasteiger partial charge in [-0.2, -0.15) is 5.26 Å². The van der Waals surface area contributed by atoms with Crippen molar-refractivity contribution in [2.75, 3.05) is 23.7 Å². The second-order valence-corrected chi connectivity index (χ2v) is 8.03. The van der Waals surface area contributed by atoms with Crippen LogP contribution in [-0.2, 0) is 0 Å². The number of rotatable bonds is 6. The summed E-state index contributed by atoms with van der Waals surface area (Å²) in [6.45, 7) is 9.63. The van der Waals surface area contributed by atoms with Crippen molar-refractivity contribution in [2.45, 2.75) is 34.1 Å². The van der Waals surface area contributed by atoms with Gasteiger partial charge in [0.25, 0.3) is 0 Å². The van der Waals surface area contributed by atoms with Gasteiger partial charge >= 0.3 is 0 Å². The minimum atomic E-state index is 0.564. The van der Waals surface area contributed by atoms with Gasteiger partial charge in [0.05, 0.1) is 11.1 Å². The highest BCUT2D eigenvalue weighted by Gasteiger charge is 2.09. The average molecular weight is 418 g/mol. The molecule has 0 saturated carbocycles. The van der Waals surface area contributed by atoms with E-state index in [0.29, 0.717) is 23.0 Å². The summed E-state index contributed by atoms with van der Waals surface area (Å²) in [5.74, 6) is 0.631. The number of hydrogen-bond donors (Lipinski definition) is 3. The number of nitriles is 1. The molecule has 30 heavy (non-hydrogen) atoms. The molecule has 0 spiro atoms. The fourth-order valence-corrected chi connectivity index (χ4v) is 3.60. The molecule has 0 saturated heterocycles. The van der Waals surface area contributed by atoms with Gasteiger partial charge in [-0.1, -0.05) is 18.2 Å². The third kappa shape index (κ3) is 5.25. The van der Waals surface area contributed by atoms with Crippen LogP contribution in [0, 0.1) is 39.0 Å². The summed E-state index contributed by atoms with van der Waals surface area (Å²) < 4.78 is 0. The summed E-state index contributed by atoms with van der Waals surface area (Å²) in [5, 5.41) is 20.9. The molecule has 3 rings (SSSR count). The first-order chi connectivity index (χ1) is 14.4. The van der Waals surface area contributed by atoms with Gasteiger partial charge in [-0.15, -0.1) is 0 Å². The molecular formula is C24H27N5S. The number of benzene rings is 2. The van der Waals surface area contributed by atoms with E-state index in [-0.39, 0.29) is 0 Å². The van der Waals surface area contributed by atoms with Crippen LogP contribution in [0.2, 0.25) is 0 Å². The van der Waals surface area contributed by atoms with E-state index in [4.69, 9.17) is 12.2 Å². The molecule has 3 N–H and O–H groups in total. The van der Waals surface area contributed by atoms with Gasteiger partial charge < -0.3 is 16.0 Å². The number of hydrogen-bond acceptors (Lipinski definition) is 4. The fraction of sp³-hybridized carbons (Fsp3) is 0.292. The zero-order chi connectivity index (χ0) is 21.7. The lowest BCUT2D eigenvalue weighted by Crippen LogP contribution is -2.30. The Bertz CT molecular complexity index is 1130. The summed E-state index contributed by atoms with van der Waals surface area (Å²) in [6, 6.07) is 14.6. The lowest BCUT2D eigenvalue weighted by Gasteiger charge is -2.14. The average Bonchev–Trinajstić information content (AvgIpc) is 2.70. The normalized spacial score (nSPS) is 10.5. The van der Waals surface area contributed by atoms with Crippen LogP contribution < -0.4 is 16.0 Å². The third-order valence-corrected chi connectivity index (χ3v) is 5.23.